The van der Waals surface area contributed by atoms with Gasteiger partial charge in [0.05, 0.1) is 6.04 Å². The van der Waals surface area contributed by atoms with Crippen molar-refractivity contribution in [2.45, 2.75) is 19.9 Å². The van der Waals surface area contributed by atoms with Gasteiger partial charge < -0.3 is 10.2 Å². The zero-order chi connectivity index (χ0) is 10.8. The van der Waals surface area contributed by atoms with E-state index >= 15 is 0 Å². The normalized spacial score (nSPS) is 16.0. The van der Waals surface area contributed by atoms with Crippen molar-refractivity contribution in [3.63, 3.8) is 0 Å². The number of anilines is 1. The first kappa shape index (κ1) is 10.0. The van der Waals surface area contributed by atoms with E-state index in [0.717, 1.165) is 18.8 Å². The SMILES string of the molecule is CC(=O)N1CC(Nc2ccc(C)cc2)C1. The fourth-order valence-corrected chi connectivity index (χ4v) is 1.71. The van der Waals surface area contributed by atoms with Gasteiger partial charge in [-0.2, -0.15) is 0 Å². The van der Waals surface area contributed by atoms with Gasteiger partial charge in [-0.3, -0.25) is 4.79 Å². The van der Waals surface area contributed by atoms with Crippen LogP contribution in [0.5, 0.6) is 0 Å². The Labute approximate surface area is 90.1 Å². The van der Waals surface area contributed by atoms with E-state index in [1.165, 1.54) is 5.56 Å². The molecule has 1 saturated heterocycles. The Hall–Kier alpha value is -1.51. The third kappa shape index (κ3) is 2.29. The highest BCUT2D eigenvalue weighted by Crippen LogP contribution is 2.15. The van der Waals surface area contributed by atoms with Crippen LogP contribution in [0.25, 0.3) is 0 Å². The van der Waals surface area contributed by atoms with Gasteiger partial charge >= 0.3 is 0 Å². The van der Waals surface area contributed by atoms with Crippen LogP contribution in [0.2, 0.25) is 0 Å². The summed E-state index contributed by atoms with van der Waals surface area (Å²) in [5, 5.41) is 3.40. The van der Waals surface area contributed by atoms with Gasteiger partial charge in [0, 0.05) is 25.7 Å². The van der Waals surface area contributed by atoms with Crippen LogP contribution in [0.4, 0.5) is 5.69 Å². The van der Waals surface area contributed by atoms with Crippen LogP contribution >= 0.6 is 0 Å². The Kier molecular flexibility index (Phi) is 2.62. The molecule has 1 N–H and O–H groups in total. The summed E-state index contributed by atoms with van der Waals surface area (Å²) in [6.07, 6.45) is 0. The van der Waals surface area contributed by atoms with Crippen molar-refractivity contribution < 1.29 is 4.79 Å². The van der Waals surface area contributed by atoms with Crippen molar-refractivity contribution in [3.8, 4) is 0 Å². The molecule has 3 heteroatoms. The lowest BCUT2D eigenvalue weighted by Crippen LogP contribution is -2.56. The Balaban J connectivity index is 1.85. The van der Waals surface area contributed by atoms with E-state index in [-0.39, 0.29) is 5.91 Å². The summed E-state index contributed by atoms with van der Waals surface area (Å²) in [4.78, 5) is 12.8. The van der Waals surface area contributed by atoms with E-state index in [4.69, 9.17) is 0 Å². The summed E-state index contributed by atoms with van der Waals surface area (Å²) >= 11 is 0. The molecule has 1 fully saturated rings. The molecule has 3 nitrogen and oxygen atoms in total. The number of nitrogens with one attached hydrogen (secondary N) is 1. The predicted molar refractivity (Wildman–Crippen MR) is 60.8 cm³/mol. The Morgan fingerprint density at radius 3 is 2.47 bits per heavy atom. The number of hydrogen-bond acceptors (Lipinski definition) is 2. The maximum Gasteiger partial charge on any atom is 0.219 e. The van der Waals surface area contributed by atoms with Gasteiger partial charge in [-0.15, -0.1) is 0 Å². The molecule has 1 aliphatic rings. The quantitative estimate of drug-likeness (QED) is 0.794. The van der Waals surface area contributed by atoms with E-state index in [1.807, 2.05) is 4.90 Å². The smallest absolute Gasteiger partial charge is 0.219 e. The maximum atomic E-state index is 11.0. The molecular weight excluding hydrogens is 188 g/mol. The molecule has 1 aromatic carbocycles. The molecule has 1 aliphatic heterocycles. The predicted octanol–water partition coefficient (Wildman–Crippen LogP) is 1.64. The summed E-state index contributed by atoms with van der Waals surface area (Å²) in [6.45, 7) is 5.33. The lowest BCUT2D eigenvalue weighted by molar-refractivity contribution is -0.132. The van der Waals surface area contributed by atoms with Crippen molar-refractivity contribution in [2.24, 2.45) is 0 Å². The molecule has 2 rings (SSSR count). The van der Waals surface area contributed by atoms with Crippen LogP contribution in [0.1, 0.15) is 12.5 Å². The number of likely N-dealkylation sites (tertiary alicyclic amines) is 1. The molecular formula is C12H16N2O. The number of amides is 1. The van der Waals surface area contributed by atoms with Gasteiger partial charge in [0.15, 0.2) is 0 Å². The fourth-order valence-electron chi connectivity index (χ4n) is 1.71. The molecule has 0 bridgehead atoms. The number of nitrogens with zero attached hydrogens (tertiary/aromatic N) is 1. The van der Waals surface area contributed by atoms with Crippen molar-refractivity contribution in [1.29, 1.82) is 0 Å². The molecule has 0 aliphatic carbocycles. The third-order valence-corrected chi connectivity index (χ3v) is 2.75. The zero-order valence-corrected chi connectivity index (χ0v) is 9.16. The average Bonchev–Trinajstić information content (AvgIpc) is 2.13. The molecule has 80 valence electrons. The van der Waals surface area contributed by atoms with E-state index in [1.54, 1.807) is 6.92 Å². The highest BCUT2D eigenvalue weighted by Gasteiger charge is 2.27. The first-order valence-electron chi connectivity index (χ1n) is 5.24. The van der Waals surface area contributed by atoms with Gasteiger partial charge in [0.25, 0.3) is 0 Å². The number of carbonyl (C=O) groups is 1. The largest absolute Gasteiger partial charge is 0.379 e. The van der Waals surface area contributed by atoms with Gasteiger partial charge in [-0.1, -0.05) is 17.7 Å². The fraction of sp³-hybridized carbons (Fsp3) is 0.417. The molecule has 0 spiro atoms. The monoisotopic (exact) mass is 204 g/mol. The second-order valence-corrected chi connectivity index (χ2v) is 4.13. The van der Waals surface area contributed by atoms with Crippen LogP contribution in [0.15, 0.2) is 24.3 Å². The minimum absolute atomic E-state index is 0.164. The molecule has 1 heterocycles. The molecule has 15 heavy (non-hydrogen) atoms. The van der Waals surface area contributed by atoms with Crippen molar-refractivity contribution in [1.82, 2.24) is 4.90 Å². The van der Waals surface area contributed by atoms with Crippen LogP contribution in [0, 0.1) is 6.92 Å². The van der Waals surface area contributed by atoms with E-state index < -0.39 is 0 Å². The summed E-state index contributed by atoms with van der Waals surface area (Å²) in [7, 11) is 0. The van der Waals surface area contributed by atoms with Gasteiger partial charge in [-0.25, -0.2) is 0 Å². The highest BCUT2D eigenvalue weighted by molar-refractivity contribution is 5.74. The van der Waals surface area contributed by atoms with Crippen LogP contribution < -0.4 is 5.32 Å². The summed E-state index contributed by atoms with van der Waals surface area (Å²) in [5.74, 6) is 0.164. The lowest BCUT2D eigenvalue weighted by atomic mass is 10.1. The van der Waals surface area contributed by atoms with Crippen LogP contribution in [-0.2, 0) is 4.79 Å². The van der Waals surface area contributed by atoms with Crippen LogP contribution in [0.3, 0.4) is 0 Å². The molecule has 0 unspecified atom stereocenters. The topological polar surface area (TPSA) is 32.3 Å². The van der Waals surface area contributed by atoms with Gasteiger partial charge in [0.2, 0.25) is 5.91 Å². The molecule has 0 atom stereocenters. The first-order valence-corrected chi connectivity index (χ1v) is 5.24. The van der Waals surface area contributed by atoms with E-state index in [0.29, 0.717) is 6.04 Å². The highest BCUT2D eigenvalue weighted by atomic mass is 16.2. The van der Waals surface area contributed by atoms with Crippen molar-refractivity contribution in [3.05, 3.63) is 29.8 Å². The summed E-state index contributed by atoms with van der Waals surface area (Å²) in [6, 6.07) is 8.74. The molecule has 0 radical (unpaired) electrons. The van der Waals surface area contributed by atoms with Crippen molar-refractivity contribution >= 4 is 11.6 Å². The van der Waals surface area contributed by atoms with E-state index in [9.17, 15) is 4.79 Å². The molecule has 0 aromatic heterocycles. The minimum atomic E-state index is 0.164. The summed E-state index contributed by atoms with van der Waals surface area (Å²) in [5.41, 5.74) is 2.40. The molecule has 0 saturated carbocycles. The number of hydrogen-bond donors (Lipinski definition) is 1. The van der Waals surface area contributed by atoms with E-state index in [2.05, 4.69) is 36.5 Å². The lowest BCUT2D eigenvalue weighted by Gasteiger charge is -2.39. The Morgan fingerprint density at radius 1 is 1.33 bits per heavy atom. The number of carbonyl (C=O) groups excluding carboxylic acids is 1. The Bertz CT molecular complexity index is 352. The molecule has 1 aromatic rings. The number of benzene rings is 1. The second kappa shape index (κ2) is 3.93. The Morgan fingerprint density at radius 2 is 1.93 bits per heavy atom. The van der Waals surface area contributed by atoms with Crippen LogP contribution in [-0.4, -0.2) is 29.9 Å². The van der Waals surface area contributed by atoms with Gasteiger partial charge in [0.1, 0.15) is 0 Å². The minimum Gasteiger partial charge on any atom is -0.379 e. The second-order valence-electron chi connectivity index (χ2n) is 4.13. The zero-order valence-electron chi connectivity index (χ0n) is 9.16. The first-order chi connectivity index (χ1) is 7.15. The number of rotatable bonds is 2. The standard InChI is InChI=1S/C12H16N2O/c1-9-3-5-11(6-4-9)13-12-7-14(8-12)10(2)15/h3-6,12-13H,7-8H2,1-2H3. The maximum absolute atomic E-state index is 11.0. The molecule has 1 amide bonds. The van der Waals surface area contributed by atoms with Gasteiger partial charge in [-0.05, 0) is 19.1 Å². The number of aryl methyl sites for hydroxylation is 1. The van der Waals surface area contributed by atoms with Crippen molar-refractivity contribution in [2.75, 3.05) is 18.4 Å². The third-order valence-electron chi connectivity index (χ3n) is 2.75. The average molecular weight is 204 g/mol. The summed E-state index contributed by atoms with van der Waals surface area (Å²) < 4.78 is 0.